The number of nitrogens with zero attached hydrogens (tertiary/aromatic N) is 2. The average molecular weight is 259 g/mol. The summed E-state index contributed by atoms with van der Waals surface area (Å²) in [7, 11) is 0. The Balaban J connectivity index is 2.31. The van der Waals surface area contributed by atoms with E-state index in [9.17, 15) is 9.90 Å². The molecule has 1 aromatic carbocycles. The van der Waals surface area contributed by atoms with E-state index in [4.69, 9.17) is 5.73 Å². The second-order valence-corrected chi connectivity index (χ2v) is 4.76. The Kier molecular flexibility index (Phi) is 2.31. The maximum absolute atomic E-state index is 11.3. The van der Waals surface area contributed by atoms with Crippen LogP contribution in [0.15, 0.2) is 36.7 Å². The van der Waals surface area contributed by atoms with E-state index >= 15 is 0 Å². The van der Waals surface area contributed by atoms with Gasteiger partial charge in [0.05, 0.1) is 5.69 Å². The number of rotatable bonds is 2. The Morgan fingerprint density at radius 2 is 2.06 bits per heavy atom. The van der Waals surface area contributed by atoms with Crippen LogP contribution in [0, 0.1) is 0 Å². The summed E-state index contributed by atoms with van der Waals surface area (Å²) >= 11 is 1.16. The van der Waals surface area contributed by atoms with Gasteiger partial charge in [-0.1, -0.05) is 23.5 Å². The first kappa shape index (κ1) is 10.8. The second kappa shape index (κ2) is 3.85. The summed E-state index contributed by atoms with van der Waals surface area (Å²) in [4.78, 5) is 16.3. The standard InChI is InChI=1S/C12H9N3O2S/c13-8-3-1-7(2-4-8)9-10(11(16)17)18-12-14-5-6-15(9)12/h1-6H,13H2,(H,16,17). The van der Waals surface area contributed by atoms with E-state index in [0.717, 1.165) is 16.9 Å². The molecule has 3 N–H and O–H groups in total. The molecule has 3 rings (SSSR count). The molecule has 5 nitrogen and oxygen atoms in total. The third-order valence-electron chi connectivity index (χ3n) is 2.63. The Bertz CT molecular complexity index is 727. The summed E-state index contributed by atoms with van der Waals surface area (Å²) in [5.41, 5.74) is 7.73. The second-order valence-electron chi connectivity index (χ2n) is 3.79. The molecule has 0 spiro atoms. The van der Waals surface area contributed by atoms with Crippen molar-refractivity contribution in [2.24, 2.45) is 0 Å². The monoisotopic (exact) mass is 259 g/mol. The first-order valence-corrected chi connectivity index (χ1v) is 6.03. The van der Waals surface area contributed by atoms with Crippen molar-refractivity contribution < 1.29 is 9.90 Å². The topological polar surface area (TPSA) is 80.6 Å². The first-order valence-electron chi connectivity index (χ1n) is 5.22. The number of anilines is 1. The fourth-order valence-electron chi connectivity index (χ4n) is 1.84. The lowest BCUT2D eigenvalue weighted by Gasteiger charge is -2.02. The molecule has 0 saturated carbocycles. The Morgan fingerprint density at radius 3 is 2.72 bits per heavy atom. The summed E-state index contributed by atoms with van der Waals surface area (Å²) < 4.78 is 1.78. The van der Waals surface area contributed by atoms with Crippen LogP contribution in [-0.2, 0) is 0 Å². The highest BCUT2D eigenvalue weighted by atomic mass is 32.1. The number of hydrogen-bond donors (Lipinski definition) is 2. The molecule has 18 heavy (non-hydrogen) atoms. The van der Waals surface area contributed by atoms with Gasteiger partial charge in [-0.05, 0) is 12.1 Å². The zero-order chi connectivity index (χ0) is 12.7. The summed E-state index contributed by atoms with van der Waals surface area (Å²) in [6.45, 7) is 0. The smallest absolute Gasteiger partial charge is 0.348 e. The lowest BCUT2D eigenvalue weighted by atomic mass is 10.1. The number of carboxylic acids is 1. The van der Waals surface area contributed by atoms with Crippen LogP contribution in [0.3, 0.4) is 0 Å². The largest absolute Gasteiger partial charge is 0.477 e. The molecule has 0 aliphatic heterocycles. The summed E-state index contributed by atoms with van der Waals surface area (Å²) in [5.74, 6) is -0.947. The Hall–Kier alpha value is -2.34. The number of fused-ring (bicyclic) bond motifs is 1. The molecule has 2 heterocycles. The van der Waals surface area contributed by atoms with Crippen LogP contribution in [0.4, 0.5) is 5.69 Å². The van der Waals surface area contributed by atoms with Gasteiger partial charge in [-0.3, -0.25) is 4.40 Å². The molecule has 0 aliphatic rings. The average Bonchev–Trinajstić information content (AvgIpc) is 2.90. The van der Waals surface area contributed by atoms with Crippen LogP contribution < -0.4 is 5.73 Å². The van der Waals surface area contributed by atoms with Crippen LogP contribution in [0.2, 0.25) is 0 Å². The Morgan fingerprint density at radius 1 is 1.33 bits per heavy atom. The molecule has 0 radical (unpaired) electrons. The van der Waals surface area contributed by atoms with Crippen LogP contribution in [0.25, 0.3) is 16.2 Å². The number of aromatic carboxylic acids is 1. The molecular weight excluding hydrogens is 250 g/mol. The number of nitrogen functional groups attached to an aromatic ring is 1. The van der Waals surface area contributed by atoms with Crippen molar-refractivity contribution in [1.82, 2.24) is 9.38 Å². The van der Waals surface area contributed by atoms with Crippen molar-refractivity contribution >= 4 is 28.0 Å². The highest BCUT2D eigenvalue weighted by Crippen LogP contribution is 2.31. The fourth-order valence-corrected chi connectivity index (χ4v) is 2.79. The lowest BCUT2D eigenvalue weighted by Crippen LogP contribution is -1.97. The molecule has 0 aliphatic carbocycles. The zero-order valence-electron chi connectivity index (χ0n) is 9.20. The maximum Gasteiger partial charge on any atom is 0.348 e. The van der Waals surface area contributed by atoms with E-state index in [2.05, 4.69) is 4.98 Å². The predicted molar refractivity (Wildman–Crippen MR) is 69.9 cm³/mol. The normalized spacial score (nSPS) is 10.9. The molecule has 0 saturated heterocycles. The third kappa shape index (κ3) is 1.54. The van der Waals surface area contributed by atoms with E-state index in [1.807, 2.05) is 12.1 Å². The van der Waals surface area contributed by atoms with E-state index in [1.165, 1.54) is 0 Å². The van der Waals surface area contributed by atoms with Gasteiger partial charge in [-0.25, -0.2) is 9.78 Å². The van der Waals surface area contributed by atoms with Gasteiger partial charge < -0.3 is 10.8 Å². The highest BCUT2D eigenvalue weighted by molar-refractivity contribution is 7.19. The number of benzene rings is 1. The SMILES string of the molecule is Nc1ccc(-c2c(C(=O)O)sc3nccn23)cc1. The van der Waals surface area contributed by atoms with E-state index in [1.54, 1.807) is 28.9 Å². The van der Waals surface area contributed by atoms with E-state index < -0.39 is 5.97 Å². The number of carbonyl (C=O) groups is 1. The van der Waals surface area contributed by atoms with Gasteiger partial charge in [0.15, 0.2) is 4.96 Å². The number of aromatic nitrogens is 2. The molecule has 0 bridgehead atoms. The number of hydrogen-bond acceptors (Lipinski definition) is 4. The van der Waals surface area contributed by atoms with Crippen LogP contribution >= 0.6 is 11.3 Å². The molecular formula is C12H9N3O2S. The number of nitrogens with two attached hydrogens (primary N) is 1. The van der Waals surface area contributed by atoms with Gasteiger partial charge >= 0.3 is 5.97 Å². The summed E-state index contributed by atoms with van der Waals surface area (Å²) in [6, 6.07) is 7.12. The van der Waals surface area contributed by atoms with Gasteiger partial charge in [0, 0.05) is 23.6 Å². The van der Waals surface area contributed by atoms with Gasteiger partial charge in [0.2, 0.25) is 0 Å². The molecule has 2 aromatic heterocycles. The molecule has 0 unspecified atom stereocenters. The molecule has 0 fully saturated rings. The summed E-state index contributed by atoms with van der Waals surface area (Å²) in [6.07, 6.45) is 3.40. The molecule has 3 aromatic rings. The van der Waals surface area contributed by atoms with Crippen molar-refractivity contribution in [3.8, 4) is 11.3 Å². The third-order valence-corrected chi connectivity index (χ3v) is 3.69. The van der Waals surface area contributed by atoms with Crippen molar-refractivity contribution in [2.75, 3.05) is 5.73 Å². The predicted octanol–water partition coefficient (Wildman–Crippen LogP) is 2.34. The highest BCUT2D eigenvalue weighted by Gasteiger charge is 2.19. The molecule has 6 heteroatoms. The van der Waals surface area contributed by atoms with E-state index in [-0.39, 0.29) is 4.88 Å². The van der Waals surface area contributed by atoms with Crippen LogP contribution in [-0.4, -0.2) is 20.5 Å². The minimum absolute atomic E-state index is 0.280. The van der Waals surface area contributed by atoms with Gasteiger partial charge in [-0.2, -0.15) is 0 Å². The minimum atomic E-state index is -0.947. The number of thiazole rings is 1. The minimum Gasteiger partial charge on any atom is -0.477 e. The quantitative estimate of drug-likeness (QED) is 0.692. The van der Waals surface area contributed by atoms with Crippen LogP contribution in [0.1, 0.15) is 9.67 Å². The lowest BCUT2D eigenvalue weighted by molar-refractivity contribution is 0.0702. The van der Waals surface area contributed by atoms with Gasteiger partial charge in [-0.15, -0.1) is 0 Å². The number of carboxylic acid groups (broad SMARTS) is 1. The maximum atomic E-state index is 11.3. The fraction of sp³-hybridized carbons (Fsp3) is 0. The van der Waals surface area contributed by atoms with E-state index in [0.29, 0.717) is 16.3 Å². The van der Waals surface area contributed by atoms with Gasteiger partial charge in [0.25, 0.3) is 0 Å². The van der Waals surface area contributed by atoms with Crippen molar-refractivity contribution in [1.29, 1.82) is 0 Å². The molecule has 0 amide bonds. The zero-order valence-corrected chi connectivity index (χ0v) is 10.0. The first-order chi connectivity index (χ1) is 8.66. The number of imidazole rings is 1. The van der Waals surface area contributed by atoms with Gasteiger partial charge in [0.1, 0.15) is 4.88 Å². The van der Waals surface area contributed by atoms with Crippen molar-refractivity contribution in [2.45, 2.75) is 0 Å². The molecule has 90 valence electrons. The Labute approximate surface area is 106 Å². The van der Waals surface area contributed by atoms with Crippen LogP contribution in [0.5, 0.6) is 0 Å². The van der Waals surface area contributed by atoms with Crippen molar-refractivity contribution in [3.05, 3.63) is 41.5 Å². The summed E-state index contributed by atoms with van der Waals surface area (Å²) in [5, 5.41) is 9.25. The molecule has 0 atom stereocenters. The van der Waals surface area contributed by atoms with Crippen molar-refractivity contribution in [3.63, 3.8) is 0 Å².